The molecule has 3 aliphatic rings. The lowest BCUT2D eigenvalue weighted by Crippen LogP contribution is -2.56. The number of carbonyl (C=O) groups is 2. The predicted molar refractivity (Wildman–Crippen MR) is 116 cm³/mol. The molecule has 3 fully saturated rings. The summed E-state index contributed by atoms with van der Waals surface area (Å²) in [5, 5.41) is 3.36. The third-order valence-corrected chi connectivity index (χ3v) is 7.27. The minimum Gasteiger partial charge on any atom is -0.350 e. The number of aryl methyl sites for hydroxylation is 1. The SMILES string of the molecule is Cc1cccc(C(=O)N2CCC3(CC2)NC(=O)[C@@H]2CN(Cc4ccccc4)C[C@@H]23)c1. The van der Waals surface area contributed by atoms with E-state index in [1.54, 1.807) is 0 Å². The van der Waals surface area contributed by atoms with E-state index in [1.807, 2.05) is 42.2 Å². The third-order valence-electron chi connectivity index (χ3n) is 7.27. The van der Waals surface area contributed by atoms with E-state index in [4.69, 9.17) is 0 Å². The number of rotatable bonds is 3. The maximum atomic E-state index is 12.9. The number of nitrogens with zero attached hydrogens (tertiary/aromatic N) is 2. The topological polar surface area (TPSA) is 52.7 Å². The summed E-state index contributed by atoms with van der Waals surface area (Å²) in [6, 6.07) is 18.3. The number of piperidine rings is 1. The van der Waals surface area contributed by atoms with Crippen molar-refractivity contribution in [1.29, 1.82) is 0 Å². The number of amides is 2. The average molecular weight is 404 g/mol. The van der Waals surface area contributed by atoms with E-state index in [1.165, 1.54) is 5.56 Å². The second-order valence-electron chi connectivity index (χ2n) is 9.20. The molecule has 0 aliphatic carbocycles. The second-order valence-corrected chi connectivity index (χ2v) is 9.20. The number of carbonyl (C=O) groups excluding carboxylic acids is 2. The summed E-state index contributed by atoms with van der Waals surface area (Å²) in [4.78, 5) is 30.1. The van der Waals surface area contributed by atoms with Crippen LogP contribution in [0.3, 0.4) is 0 Å². The Morgan fingerprint density at radius 3 is 2.57 bits per heavy atom. The van der Waals surface area contributed by atoms with Gasteiger partial charge in [-0.3, -0.25) is 14.5 Å². The van der Waals surface area contributed by atoms with Crippen LogP contribution in [0.25, 0.3) is 0 Å². The van der Waals surface area contributed by atoms with Crippen LogP contribution < -0.4 is 5.32 Å². The normalized spacial score (nSPS) is 25.4. The Hall–Kier alpha value is -2.66. The van der Waals surface area contributed by atoms with Gasteiger partial charge in [-0.1, -0.05) is 48.0 Å². The summed E-state index contributed by atoms with van der Waals surface area (Å²) in [7, 11) is 0. The Kier molecular flexibility index (Phi) is 4.86. The van der Waals surface area contributed by atoms with Crippen molar-refractivity contribution in [2.75, 3.05) is 26.2 Å². The molecule has 3 heterocycles. The summed E-state index contributed by atoms with van der Waals surface area (Å²) in [6.07, 6.45) is 1.69. The van der Waals surface area contributed by atoms with Crippen LogP contribution in [-0.2, 0) is 11.3 Å². The average Bonchev–Trinajstić information content (AvgIpc) is 3.28. The smallest absolute Gasteiger partial charge is 0.253 e. The van der Waals surface area contributed by atoms with Crippen molar-refractivity contribution in [3.05, 3.63) is 71.3 Å². The molecule has 156 valence electrons. The predicted octanol–water partition coefficient (Wildman–Crippen LogP) is 2.85. The Morgan fingerprint density at radius 1 is 1.07 bits per heavy atom. The molecule has 0 bridgehead atoms. The molecular weight excluding hydrogens is 374 g/mol. The minimum atomic E-state index is -0.156. The maximum absolute atomic E-state index is 12.9. The highest BCUT2D eigenvalue weighted by atomic mass is 16.2. The van der Waals surface area contributed by atoms with Gasteiger partial charge in [0, 0.05) is 49.7 Å². The van der Waals surface area contributed by atoms with Crippen molar-refractivity contribution < 1.29 is 9.59 Å². The molecule has 2 aromatic carbocycles. The largest absolute Gasteiger partial charge is 0.350 e. The van der Waals surface area contributed by atoms with E-state index in [0.717, 1.165) is 43.6 Å². The highest BCUT2D eigenvalue weighted by Gasteiger charge is 2.57. The van der Waals surface area contributed by atoms with Crippen LogP contribution in [-0.4, -0.2) is 53.3 Å². The monoisotopic (exact) mass is 403 g/mol. The van der Waals surface area contributed by atoms with Crippen LogP contribution in [0.5, 0.6) is 0 Å². The van der Waals surface area contributed by atoms with E-state index < -0.39 is 0 Å². The van der Waals surface area contributed by atoms with Crippen LogP contribution in [0.2, 0.25) is 0 Å². The molecule has 0 radical (unpaired) electrons. The third kappa shape index (κ3) is 3.41. The molecule has 30 heavy (non-hydrogen) atoms. The first-order chi connectivity index (χ1) is 14.5. The number of nitrogens with one attached hydrogen (secondary N) is 1. The van der Waals surface area contributed by atoms with E-state index in [-0.39, 0.29) is 23.3 Å². The Bertz CT molecular complexity index is 950. The molecule has 2 aromatic rings. The van der Waals surface area contributed by atoms with E-state index in [9.17, 15) is 9.59 Å². The summed E-state index contributed by atoms with van der Waals surface area (Å²) < 4.78 is 0. The first-order valence-corrected chi connectivity index (χ1v) is 11.0. The van der Waals surface area contributed by atoms with Gasteiger partial charge in [0.15, 0.2) is 0 Å². The molecule has 5 nitrogen and oxygen atoms in total. The molecular formula is C25H29N3O2. The zero-order chi connectivity index (χ0) is 20.7. The van der Waals surface area contributed by atoms with Gasteiger partial charge < -0.3 is 10.2 Å². The quantitative estimate of drug-likeness (QED) is 0.858. The number of benzene rings is 2. The van der Waals surface area contributed by atoms with Crippen molar-refractivity contribution in [2.24, 2.45) is 11.8 Å². The molecule has 5 rings (SSSR count). The van der Waals surface area contributed by atoms with Gasteiger partial charge >= 0.3 is 0 Å². The minimum absolute atomic E-state index is 0.0766. The highest BCUT2D eigenvalue weighted by molar-refractivity contribution is 5.94. The second kappa shape index (κ2) is 7.55. The van der Waals surface area contributed by atoms with Gasteiger partial charge in [0.2, 0.25) is 5.91 Å². The molecule has 0 aromatic heterocycles. The lowest BCUT2D eigenvalue weighted by Gasteiger charge is -2.42. The summed E-state index contributed by atoms with van der Waals surface area (Å²) in [5.41, 5.74) is 3.00. The molecule has 3 aliphatic heterocycles. The fraction of sp³-hybridized carbons (Fsp3) is 0.440. The van der Waals surface area contributed by atoms with Crippen LogP contribution in [0.1, 0.15) is 34.3 Å². The summed E-state index contributed by atoms with van der Waals surface area (Å²) in [5.74, 6) is 0.721. The number of hydrogen-bond donors (Lipinski definition) is 1. The summed E-state index contributed by atoms with van der Waals surface area (Å²) >= 11 is 0. The van der Waals surface area contributed by atoms with Crippen LogP contribution in [0.4, 0.5) is 0 Å². The van der Waals surface area contributed by atoms with Crippen LogP contribution >= 0.6 is 0 Å². The van der Waals surface area contributed by atoms with Gasteiger partial charge in [0.1, 0.15) is 0 Å². The van der Waals surface area contributed by atoms with Crippen molar-refractivity contribution in [2.45, 2.75) is 31.8 Å². The van der Waals surface area contributed by atoms with Gasteiger partial charge in [-0.2, -0.15) is 0 Å². The maximum Gasteiger partial charge on any atom is 0.253 e. The lowest BCUT2D eigenvalue weighted by atomic mass is 9.75. The number of hydrogen-bond acceptors (Lipinski definition) is 3. The van der Waals surface area contributed by atoms with Gasteiger partial charge in [-0.25, -0.2) is 0 Å². The standard InChI is InChI=1S/C25H29N3O2/c1-18-6-5-9-20(14-18)24(30)28-12-10-25(11-13-28)22-17-27(16-21(22)23(29)26-25)15-19-7-3-2-4-8-19/h2-9,14,21-22H,10-13,15-17H2,1H3,(H,26,29)/t21-,22+/m1/s1. The van der Waals surface area contributed by atoms with Crippen LogP contribution in [0.15, 0.2) is 54.6 Å². The fourth-order valence-electron chi connectivity index (χ4n) is 5.68. The van der Waals surface area contributed by atoms with Gasteiger partial charge in [0.05, 0.1) is 5.92 Å². The van der Waals surface area contributed by atoms with Crippen LogP contribution in [0, 0.1) is 18.8 Å². The van der Waals surface area contributed by atoms with Crippen molar-refractivity contribution >= 4 is 11.8 Å². The van der Waals surface area contributed by atoms with E-state index in [0.29, 0.717) is 19.0 Å². The molecule has 5 heteroatoms. The Morgan fingerprint density at radius 2 is 1.83 bits per heavy atom. The Balaban J connectivity index is 1.26. The van der Waals surface area contributed by atoms with Gasteiger partial charge in [0.25, 0.3) is 5.91 Å². The molecule has 0 unspecified atom stereocenters. The lowest BCUT2D eigenvalue weighted by molar-refractivity contribution is -0.123. The first-order valence-electron chi connectivity index (χ1n) is 11.0. The van der Waals surface area contributed by atoms with Crippen molar-refractivity contribution in [3.8, 4) is 0 Å². The zero-order valence-corrected chi connectivity index (χ0v) is 17.5. The molecule has 2 atom stereocenters. The first kappa shape index (κ1) is 19.3. The van der Waals surface area contributed by atoms with Gasteiger partial charge in [-0.15, -0.1) is 0 Å². The number of likely N-dealkylation sites (tertiary alicyclic amines) is 2. The molecule has 1 N–H and O–H groups in total. The highest BCUT2D eigenvalue weighted by Crippen LogP contribution is 2.44. The fourth-order valence-corrected chi connectivity index (χ4v) is 5.68. The molecule has 1 spiro atoms. The Labute approximate surface area is 178 Å². The molecule has 3 saturated heterocycles. The molecule has 0 saturated carbocycles. The van der Waals surface area contributed by atoms with E-state index in [2.05, 4.69) is 34.5 Å². The van der Waals surface area contributed by atoms with Crippen molar-refractivity contribution in [3.63, 3.8) is 0 Å². The zero-order valence-electron chi connectivity index (χ0n) is 17.5. The van der Waals surface area contributed by atoms with Crippen molar-refractivity contribution in [1.82, 2.24) is 15.1 Å². The van der Waals surface area contributed by atoms with Gasteiger partial charge in [-0.05, 0) is 37.5 Å². The number of fused-ring (bicyclic) bond motifs is 2. The summed E-state index contributed by atoms with van der Waals surface area (Å²) in [6.45, 7) is 6.10. The van der Waals surface area contributed by atoms with E-state index >= 15 is 0 Å². The molecule has 2 amide bonds.